The molecule has 11 nitrogen and oxygen atoms in total. The minimum atomic E-state index is -1.27. The topological polar surface area (TPSA) is 113 Å². The summed E-state index contributed by atoms with van der Waals surface area (Å²) in [6.07, 6.45) is -9.43. The van der Waals surface area contributed by atoms with Crippen molar-refractivity contribution in [3.05, 3.63) is 179 Å². The summed E-state index contributed by atoms with van der Waals surface area (Å²) in [5.41, 5.74) is 4.77. The van der Waals surface area contributed by atoms with E-state index >= 15 is 0 Å². The van der Waals surface area contributed by atoms with Gasteiger partial charge in [0.2, 0.25) is 0 Å². The van der Waals surface area contributed by atoms with Crippen LogP contribution in [0.15, 0.2) is 152 Å². The van der Waals surface area contributed by atoms with Crippen LogP contribution >= 0.6 is 0 Å². The van der Waals surface area contributed by atoms with Gasteiger partial charge in [0.1, 0.15) is 48.8 Å². The van der Waals surface area contributed by atoms with Gasteiger partial charge in [-0.1, -0.05) is 152 Å². The molecule has 5 aromatic carbocycles. The molecule has 3 aliphatic heterocycles. The summed E-state index contributed by atoms with van der Waals surface area (Å²) in [6.45, 7) is 1.47. The van der Waals surface area contributed by atoms with Crippen LogP contribution in [0.3, 0.4) is 0 Å². The van der Waals surface area contributed by atoms with Crippen LogP contribution < -0.4 is 0 Å². The summed E-state index contributed by atoms with van der Waals surface area (Å²) in [5, 5.41) is 11.9. The number of fused-ring (bicyclic) bond motifs is 1. The first-order valence-corrected chi connectivity index (χ1v) is 20.2. The SMILES string of the molecule is CO[C@@H]1O[C@@H]2CO[C@H](c3ccccc3)O[C@@H]2[C@H](O[C@@H]2O[C@H](COCc3ccccc3)[C@@H](OCc3ccccc3)[C@H](OCc3ccccc3)[C@H]2OCc2ccccc2)[C@H]1O. The van der Waals surface area contributed by atoms with Gasteiger partial charge < -0.3 is 52.5 Å². The van der Waals surface area contributed by atoms with E-state index in [-0.39, 0.29) is 26.4 Å². The van der Waals surface area contributed by atoms with Crippen molar-refractivity contribution in [2.45, 2.75) is 94.1 Å². The standard InChI is InChI=1S/C48H52O11/c1-50-47-40(49)43(42-39(56-47)32-55-46(58-42)37-25-15-6-16-26-37)59-48-45(54-30-36-23-13-5-14-24-36)44(53-29-35-21-11-4-12-22-35)41(52-28-34-19-9-3-10-20-34)38(57-48)31-51-27-33-17-7-2-8-18-33/h2-26,38-49H,27-32H2,1H3/t38-,39-,40-,41-,42+,43-,44+,45-,46+,47-,48+/m1/s1. The fourth-order valence-electron chi connectivity index (χ4n) is 7.70. The highest BCUT2D eigenvalue weighted by atomic mass is 16.8. The Morgan fingerprint density at radius 3 is 1.56 bits per heavy atom. The fourth-order valence-corrected chi connectivity index (χ4v) is 7.70. The molecule has 3 saturated heterocycles. The van der Waals surface area contributed by atoms with Crippen molar-refractivity contribution in [1.82, 2.24) is 0 Å². The molecule has 0 amide bonds. The lowest BCUT2D eigenvalue weighted by Gasteiger charge is -2.51. The number of ether oxygens (including phenoxy) is 10. The Morgan fingerprint density at radius 1 is 0.525 bits per heavy atom. The van der Waals surface area contributed by atoms with Crippen LogP contribution in [0.5, 0.6) is 0 Å². The summed E-state index contributed by atoms with van der Waals surface area (Å²) in [7, 11) is 1.48. The van der Waals surface area contributed by atoms with Crippen molar-refractivity contribution in [3.8, 4) is 0 Å². The second kappa shape index (κ2) is 20.8. The minimum absolute atomic E-state index is 0.147. The van der Waals surface area contributed by atoms with Crippen LogP contribution in [-0.2, 0) is 73.8 Å². The highest BCUT2D eigenvalue weighted by Gasteiger charge is 2.55. The number of aliphatic hydroxyl groups is 1. The van der Waals surface area contributed by atoms with E-state index in [9.17, 15) is 5.11 Å². The molecule has 1 N–H and O–H groups in total. The predicted molar refractivity (Wildman–Crippen MR) is 216 cm³/mol. The van der Waals surface area contributed by atoms with E-state index in [1.165, 1.54) is 7.11 Å². The van der Waals surface area contributed by atoms with Crippen molar-refractivity contribution < 1.29 is 52.5 Å². The van der Waals surface area contributed by atoms with Crippen LogP contribution in [0.25, 0.3) is 0 Å². The van der Waals surface area contributed by atoms with Crippen LogP contribution in [0.2, 0.25) is 0 Å². The first-order chi connectivity index (χ1) is 29.1. The Morgan fingerprint density at radius 2 is 1.02 bits per heavy atom. The third-order valence-electron chi connectivity index (χ3n) is 10.7. The number of hydrogen-bond donors (Lipinski definition) is 1. The lowest BCUT2D eigenvalue weighted by molar-refractivity contribution is -0.396. The van der Waals surface area contributed by atoms with E-state index in [4.69, 9.17) is 47.4 Å². The maximum atomic E-state index is 11.9. The van der Waals surface area contributed by atoms with Crippen LogP contribution in [0, 0.1) is 0 Å². The molecule has 0 bridgehead atoms. The Balaban J connectivity index is 1.14. The highest BCUT2D eigenvalue weighted by Crippen LogP contribution is 2.39. The largest absolute Gasteiger partial charge is 0.385 e. The maximum Gasteiger partial charge on any atom is 0.187 e. The molecule has 310 valence electrons. The molecular formula is C48H52O11. The van der Waals surface area contributed by atoms with Gasteiger partial charge in [-0.25, -0.2) is 0 Å². The molecule has 3 aliphatic rings. The van der Waals surface area contributed by atoms with E-state index in [1.807, 2.05) is 152 Å². The molecule has 0 unspecified atom stereocenters. The average Bonchev–Trinajstić information content (AvgIpc) is 3.29. The second-order valence-corrected chi connectivity index (χ2v) is 14.9. The van der Waals surface area contributed by atoms with E-state index < -0.39 is 67.7 Å². The molecular weight excluding hydrogens is 753 g/mol. The van der Waals surface area contributed by atoms with Crippen molar-refractivity contribution in [3.63, 3.8) is 0 Å². The zero-order chi connectivity index (χ0) is 40.2. The van der Waals surface area contributed by atoms with Gasteiger partial charge in [-0.15, -0.1) is 0 Å². The van der Waals surface area contributed by atoms with Crippen molar-refractivity contribution in [2.24, 2.45) is 0 Å². The highest BCUT2D eigenvalue weighted by molar-refractivity contribution is 5.18. The number of aliphatic hydroxyl groups excluding tert-OH is 1. The smallest absolute Gasteiger partial charge is 0.187 e. The molecule has 0 spiro atoms. The van der Waals surface area contributed by atoms with Gasteiger partial charge in [-0.2, -0.15) is 0 Å². The van der Waals surface area contributed by atoms with E-state index in [0.717, 1.165) is 27.8 Å². The van der Waals surface area contributed by atoms with Crippen LogP contribution in [-0.4, -0.2) is 86.8 Å². The molecule has 0 aliphatic carbocycles. The lowest BCUT2D eigenvalue weighted by Crippen LogP contribution is -2.67. The lowest BCUT2D eigenvalue weighted by atomic mass is 9.95. The third kappa shape index (κ3) is 10.7. The molecule has 0 aromatic heterocycles. The number of rotatable bonds is 17. The Kier molecular flexibility index (Phi) is 14.6. The molecule has 8 rings (SSSR count). The zero-order valence-electron chi connectivity index (χ0n) is 33.1. The number of benzene rings is 5. The van der Waals surface area contributed by atoms with E-state index in [2.05, 4.69) is 0 Å². The Hall–Kier alpha value is -4.34. The van der Waals surface area contributed by atoms with E-state index in [1.54, 1.807) is 0 Å². The molecule has 11 atom stereocenters. The molecule has 0 radical (unpaired) electrons. The fraction of sp³-hybridized carbons (Fsp3) is 0.375. The summed E-state index contributed by atoms with van der Waals surface area (Å²) < 4.78 is 65.4. The maximum absolute atomic E-state index is 11.9. The van der Waals surface area contributed by atoms with E-state index in [0.29, 0.717) is 13.2 Å². The Bertz CT molecular complexity index is 1940. The summed E-state index contributed by atoms with van der Waals surface area (Å²) in [5.74, 6) is 0. The van der Waals surface area contributed by atoms with Gasteiger partial charge in [0.25, 0.3) is 0 Å². The minimum Gasteiger partial charge on any atom is -0.385 e. The molecule has 3 heterocycles. The molecule has 5 aromatic rings. The molecule has 59 heavy (non-hydrogen) atoms. The monoisotopic (exact) mass is 804 g/mol. The number of hydrogen-bond acceptors (Lipinski definition) is 11. The molecule has 0 saturated carbocycles. The van der Waals surface area contributed by atoms with Crippen molar-refractivity contribution in [1.29, 1.82) is 0 Å². The van der Waals surface area contributed by atoms with Gasteiger partial charge >= 0.3 is 0 Å². The predicted octanol–water partition coefficient (Wildman–Crippen LogP) is 6.92. The van der Waals surface area contributed by atoms with Crippen LogP contribution in [0.1, 0.15) is 34.1 Å². The number of methoxy groups -OCH3 is 1. The molecule has 11 heteroatoms. The summed E-state index contributed by atoms with van der Waals surface area (Å²) >= 11 is 0. The van der Waals surface area contributed by atoms with Gasteiger partial charge in [0, 0.05) is 12.7 Å². The van der Waals surface area contributed by atoms with Gasteiger partial charge in [-0.05, 0) is 22.3 Å². The van der Waals surface area contributed by atoms with Gasteiger partial charge in [0.05, 0.1) is 39.6 Å². The van der Waals surface area contributed by atoms with Gasteiger partial charge in [0.15, 0.2) is 18.9 Å². The summed E-state index contributed by atoms with van der Waals surface area (Å²) in [4.78, 5) is 0. The van der Waals surface area contributed by atoms with Crippen molar-refractivity contribution in [2.75, 3.05) is 20.3 Å². The van der Waals surface area contributed by atoms with Gasteiger partial charge in [-0.3, -0.25) is 0 Å². The first kappa shape index (κ1) is 41.4. The average molecular weight is 805 g/mol. The third-order valence-corrected chi connectivity index (χ3v) is 10.7. The summed E-state index contributed by atoms with van der Waals surface area (Å²) in [6, 6.07) is 49.4. The van der Waals surface area contributed by atoms with Crippen LogP contribution in [0.4, 0.5) is 0 Å². The quantitative estimate of drug-likeness (QED) is 0.106. The normalized spacial score (nSPS) is 29.4. The second-order valence-electron chi connectivity index (χ2n) is 14.9. The Labute approximate surface area is 345 Å². The zero-order valence-corrected chi connectivity index (χ0v) is 33.1. The molecule has 3 fully saturated rings. The van der Waals surface area contributed by atoms with Crippen molar-refractivity contribution >= 4 is 0 Å². The first-order valence-electron chi connectivity index (χ1n) is 20.2.